The summed E-state index contributed by atoms with van der Waals surface area (Å²) in [4.78, 5) is 0. The first-order valence-corrected chi connectivity index (χ1v) is 7.03. The smallest absolute Gasteiger partial charge is 0.122 e. The molecule has 0 saturated heterocycles. The van der Waals surface area contributed by atoms with Crippen LogP contribution < -0.4 is 14.8 Å². The molecule has 3 nitrogen and oxygen atoms in total. The highest BCUT2D eigenvalue weighted by Crippen LogP contribution is 2.19. The van der Waals surface area contributed by atoms with Crippen molar-refractivity contribution in [1.29, 1.82) is 0 Å². The lowest BCUT2D eigenvalue weighted by Gasteiger charge is -2.20. The summed E-state index contributed by atoms with van der Waals surface area (Å²) < 4.78 is 10.9. The van der Waals surface area contributed by atoms with Gasteiger partial charge in [-0.15, -0.1) is 0 Å². The largest absolute Gasteiger partial charge is 0.497 e. The highest BCUT2D eigenvalue weighted by Gasteiger charge is 2.06. The summed E-state index contributed by atoms with van der Waals surface area (Å²) in [7, 11) is 1.67. The van der Waals surface area contributed by atoms with E-state index in [1.165, 1.54) is 12.8 Å². The van der Waals surface area contributed by atoms with Gasteiger partial charge in [-0.3, -0.25) is 0 Å². The summed E-state index contributed by atoms with van der Waals surface area (Å²) in [5.74, 6) is 1.72. The third kappa shape index (κ3) is 7.73. The Balaban J connectivity index is 2.07. The first-order valence-electron chi connectivity index (χ1n) is 7.03. The molecular weight excluding hydrogens is 238 g/mol. The Morgan fingerprint density at radius 3 is 2.47 bits per heavy atom. The van der Waals surface area contributed by atoms with Gasteiger partial charge >= 0.3 is 0 Å². The van der Waals surface area contributed by atoms with E-state index in [9.17, 15) is 0 Å². The van der Waals surface area contributed by atoms with Crippen LogP contribution in [-0.2, 0) is 0 Å². The van der Waals surface area contributed by atoms with E-state index in [0.717, 1.165) is 31.1 Å². The van der Waals surface area contributed by atoms with Gasteiger partial charge in [-0.1, -0.05) is 6.07 Å². The number of unbranched alkanes of at least 4 members (excludes halogenated alkanes) is 2. The van der Waals surface area contributed by atoms with E-state index in [1.807, 2.05) is 24.3 Å². The monoisotopic (exact) mass is 265 g/mol. The Morgan fingerprint density at radius 1 is 1.05 bits per heavy atom. The molecule has 0 atom stereocenters. The maximum Gasteiger partial charge on any atom is 0.122 e. The molecule has 1 rings (SSSR count). The summed E-state index contributed by atoms with van der Waals surface area (Å²) in [5.41, 5.74) is 0.219. The lowest BCUT2D eigenvalue weighted by Crippen LogP contribution is -2.36. The standard InChI is InChI=1S/C16H27NO2/c1-16(2,3)17-11-6-5-7-12-19-15-10-8-9-14(13-15)18-4/h8-10,13,17H,5-7,11-12H2,1-4H3. The second-order valence-electron chi connectivity index (χ2n) is 5.76. The molecule has 0 heterocycles. The average molecular weight is 265 g/mol. The summed E-state index contributed by atoms with van der Waals surface area (Å²) in [6.07, 6.45) is 3.47. The van der Waals surface area contributed by atoms with E-state index in [4.69, 9.17) is 9.47 Å². The first-order chi connectivity index (χ1) is 9.01. The molecule has 0 aliphatic rings. The molecule has 1 N–H and O–H groups in total. The molecule has 3 heteroatoms. The Labute approximate surface area is 117 Å². The predicted molar refractivity (Wildman–Crippen MR) is 80.1 cm³/mol. The van der Waals surface area contributed by atoms with Gasteiger partial charge in [0.2, 0.25) is 0 Å². The lowest BCUT2D eigenvalue weighted by atomic mass is 10.1. The highest BCUT2D eigenvalue weighted by molar-refractivity contribution is 5.32. The van der Waals surface area contributed by atoms with Crippen LogP contribution in [0.3, 0.4) is 0 Å². The Bertz CT molecular complexity index is 358. The van der Waals surface area contributed by atoms with Crippen molar-refractivity contribution in [2.24, 2.45) is 0 Å². The van der Waals surface area contributed by atoms with Crippen LogP contribution >= 0.6 is 0 Å². The van der Waals surface area contributed by atoms with Crippen molar-refractivity contribution in [3.63, 3.8) is 0 Å². The fraction of sp³-hybridized carbons (Fsp3) is 0.625. The highest BCUT2D eigenvalue weighted by atomic mass is 16.5. The molecule has 0 fully saturated rings. The van der Waals surface area contributed by atoms with Crippen molar-refractivity contribution in [2.45, 2.75) is 45.6 Å². The zero-order valence-electron chi connectivity index (χ0n) is 12.7. The van der Waals surface area contributed by atoms with Crippen LogP contribution in [0.5, 0.6) is 11.5 Å². The van der Waals surface area contributed by atoms with Gasteiger partial charge in [-0.05, 0) is 58.7 Å². The molecule has 0 amide bonds. The van der Waals surface area contributed by atoms with Crippen molar-refractivity contribution in [1.82, 2.24) is 5.32 Å². The van der Waals surface area contributed by atoms with Gasteiger partial charge in [-0.25, -0.2) is 0 Å². The molecule has 1 aromatic rings. The van der Waals surface area contributed by atoms with Gasteiger partial charge in [0.05, 0.1) is 13.7 Å². The van der Waals surface area contributed by atoms with Gasteiger partial charge < -0.3 is 14.8 Å². The second kappa shape index (κ2) is 8.05. The number of methoxy groups -OCH3 is 1. The lowest BCUT2D eigenvalue weighted by molar-refractivity contribution is 0.301. The number of hydrogen-bond donors (Lipinski definition) is 1. The maximum atomic E-state index is 5.70. The third-order valence-corrected chi connectivity index (χ3v) is 2.79. The number of benzene rings is 1. The molecule has 0 aliphatic heterocycles. The van der Waals surface area contributed by atoms with E-state index in [2.05, 4.69) is 26.1 Å². The summed E-state index contributed by atoms with van der Waals surface area (Å²) in [6.45, 7) is 8.42. The summed E-state index contributed by atoms with van der Waals surface area (Å²) in [6, 6.07) is 7.75. The number of nitrogens with one attached hydrogen (secondary N) is 1. The molecule has 0 saturated carbocycles. The zero-order chi connectivity index (χ0) is 14.1. The Kier molecular flexibility index (Phi) is 6.71. The van der Waals surface area contributed by atoms with Gasteiger partial charge in [0.25, 0.3) is 0 Å². The third-order valence-electron chi connectivity index (χ3n) is 2.79. The molecule has 0 aliphatic carbocycles. The zero-order valence-corrected chi connectivity index (χ0v) is 12.7. The van der Waals surface area contributed by atoms with E-state index >= 15 is 0 Å². The second-order valence-corrected chi connectivity index (χ2v) is 5.76. The van der Waals surface area contributed by atoms with E-state index in [-0.39, 0.29) is 5.54 Å². The Morgan fingerprint density at radius 2 is 1.79 bits per heavy atom. The van der Waals surface area contributed by atoms with Crippen molar-refractivity contribution >= 4 is 0 Å². The molecule has 0 radical (unpaired) electrons. The van der Waals surface area contributed by atoms with E-state index in [1.54, 1.807) is 7.11 Å². The van der Waals surface area contributed by atoms with Gasteiger partial charge in [0.1, 0.15) is 11.5 Å². The minimum absolute atomic E-state index is 0.219. The molecule has 0 aromatic heterocycles. The summed E-state index contributed by atoms with van der Waals surface area (Å²) in [5, 5.41) is 3.49. The Hall–Kier alpha value is -1.22. The number of rotatable bonds is 8. The molecule has 0 spiro atoms. The van der Waals surface area contributed by atoms with Crippen LogP contribution in [0.2, 0.25) is 0 Å². The average Bonchev–Trinajstić information content (AvgIpc) is 2.36. The van der Waals surface area contributed by atoms with Crippen LogP contribution in [0, 0.1) is 0 Å². The quantitative estimate of drug-likeness (QED) is 0.728. The van der Waals surface area contributed by atoms with Gasteiger partial charge in [0.15, 0.2) is 0 Å². The topological polar surface area (TPSA) is 30.5 Å². The van der Waals surface area contributed by atoms with Crippen LogP contribution in [0.4, 0.5) is 0 Å². The van der Waals surface area contributed by atoms with Crippen molar-refractivity contribution in [2.75, 3.05) is 20.3 Å². The first kappa shape index (κ1) is 15.8. The van der Waals surface area contributed by atoms with Crippen LogP contribution in [0.15, 0.2) is 24.3 Å². The van der Waals surface area contributed by atoms with Crippen molar-refractivity contribution in [3.05, 3.63) is 24.3 Å². The minimum Gasteiger partial charge on any atom is -0.497 e. The summed E-state index contributed by atoms with van der Waals surface area (Å²) >= 11 is 0. The van der Waals surface area contributed by atoms with Crippen molar-refractivity contribution in [3.8, 4) is 11.5 Å². The molecule has 0 unspecified atom stereocenters. The molecule has 108 valence electrons. The number of hydrogen-bond acceptors (Lipinski definition) is 3. The molecule has 1 aromatic carbocycles. The van der Waals surface area contributed by atoms with Gasteiger partial charge in [-0.2, -0.15) is 0 Å². The van der Waals surface area contributed by atoms with E-state index in [0.29, 0.717) is 0 Å². The SMILES string of the molecule is COc1cccc(OCCCCCNC(C)(C)C)c1. The maximum absolute atomic E-state index is 5.70. The van der Waals surface area contributed by atoms with Gasteiger partial charge in [0, 0.05) is 11.6 Å². The van der Waals surface area contributed by atoms with Crippen LogP contribution in [0.25, 0.3) is 0 Å². The molecule has 19 heavy (non-hydrogen) atoms. The van der Waals surface area contributed by atoms with E-state index < -0.39 is 0 Å². The van der Waals surface area contributed by atoms with Crippen molar-refractivity contribution < 1.29 is 9.47 Å². The predicted octanol–water partition coefficient (Wildman–Crippen LogP) is 3.63. The fourth-order valence-electron chi connectivity index (χ4n) is 1.75. The van der Waals surface area contributed by atoms with Crippen LogP contribution in [-0.4, -0.2) is 25.8 Å². The molecular formula is C16H27NO2. The molecule has 0 bridgehead atoms. The normalized spacial score (nSPS) is 11.4. The number of ether oxygens (including phenoxy) is 2. The van der Waals surface area contributed by atoms with Crippen LogP contribution in [0.1, 0.15) is 40.0 Å². The fourth-order valence-corrected chi connectivity index (χ4v) is 1.75. The minimum atomic E-state index is 0.219.